The molecule has 1 fully saturated rings. The van der Waals surface area contributed by atoms with Gasteiger partial charge in [0.15, 0.2) is 5.82 Å². The zero-order valence-electron chi connectivity index (χ0n) is 14.7. The standard InChI is InChI=1S/C17H22N6O3/c1-25-14-2-4-15(5-3-14)26-11-6-18-16-12-19-21-17(20-16)23-9-7-22(13-24)8-10-23/h2-5,12-13H,6-11H2,1H3,(H,18,20,21). The fraction of sp³-hybridized carbons (Fsp3) is 0.412. The Hall–Kier alpha value is -3.10. The summed E-state index contributed by atoms with van der Waals surface area (Å²) in [6.45, 7) is 3.81. The second-order valence-corrected chi connectivity index (χ2v) is 5.72. The van der Waals surface area contributed by atoms with Crippen molar-refractivity contribution in [3.8, 4) is 11.5 Å². The number of amides is 1. The van der Waals surface area contributed by atoms with E-state index in [0.29, 0.717) is 51.1 Å². The quantitative estimate of drug-likeness (QED) is 0.543. The average molecular weight is 358 g/mol. The number of aromatic nitrogens is 3. The lowest BCUT2D eigenvalue weighted by Gasteiger charge is -2.32. The van der Waals surface area contributed by atoms with Crippen molar-refractivity contribution in [1.82, 2.24) is 20.1 Å². The Morgan fingerprint density at radius 3 is 2.58 bits per heavy atom. The van der Waals surface area contributed by atoms with Crippen molar-refractivity contribution in [2.45, 2.75) is 0 Å². The Morgan fingerprint density at radius 2 is 1.88 bits per heavy atom. The van der Waals surface area contributed by atoms with Gasteiger partial charge in [0.2, 0.25) is 12.4 Å². The first-order chi connectivity index (χ1) is 12.8. The van der Waals surface area contributed by atoms with Gasteiger partial charge in [-0.15, -0.1) is 5.10 Å². The highest BCUT2D eigenvalue weighted by atomic mass is 16.5. The molecule has 1 N–H and O–H groups in total. The van der Waals surface area contributed by atoms with Gasteiger partial charge in [0.25, 0.3) is 0 Å². The van der Waals surface area contributed by atoms with E-state index in [2.05, 4.69) is 20.5 Å². The summed E-state index contributed by atoms with van der Waals surface area (Å²) in [5, 5.41) is 11.3. The first-order valence-electron chi connectivity index (χ1n) is 8.43. The fourth-order valence-electron chi connectivity index (χ4n) is 2.56. The summed E-state index contributed by atoms with van der Waals surface area (Å²) in [5.74, 6) is 2.79. The van der Waals surface area contributed by atoms with Crippen LogP contribution in [0.2, 0.25) is 0 Å². The third-order valence-corrected chi connectivity index (χ3v) is 4.03. The molecule has 1 aromatic heterocycles. The maximum atomic E-state index is 10.8. The summed E-state index contributed by atoms with van der Waals surface area (Å²) in [5.41, 5.74) is 0. The highest BCUT2D eigenvalue weighted by Crippen LogP contribution is 2.17. The van der Waals surface area contributed by atoms with Gasteiger partial charge in [-0.05, 0) is 24.3 Å². The molecular weight excluding hydrogens is 336 g/mol. The van der Waals surface area contributed by atoms with E-state index in [1.165, 1.54) is 0 Å². The molecule has 0 atom stereocenters. The number of methoxy groups -OCH3 is 1. The van der Waals surface area contributed by atoms with Gasteiger partial charge in [0.05, 0.1) is 19.9 Å². The van der Waals surface area contributed by atoms with Crippen molar-refractivity contribution >= 4 is 18.2 Å². The second-order valence-electron chi connectivity index (χ2n) is 5.72. The number of ether oxygens (including phenoxy) is 2. The van der Waals surface area contributed by atoms with E-state index >= 15 is 0 Å². The summed E-state index contributed by atoms with van der Waals surface area (Å²) in [6.07, 6.45) is 2.45. The molecule has 1 aromatic carbocycles. The number of nitrogens with zero attached hydrogens (tertiary/aromatic N) is 5. The highest BCUT2D eigenvalue weighted by molar-refractivity contribution is 5.48. The third kappa shape index (κ3) is 4.71. The summed E-state index contributed by atoms with van der Waals surface area (Å²) in [7, 11) is 1.63. The average Bonchev–Trinajstić information content (AvgIpc) is 2.72. The van der Waals surface area contributed by atoms with Crippen LogP contribution in [-0.4, -0.2) is 72.9 Å². The van der Waals surface area contributed by atoms with E-state index in [9.17, 15) is 4.79 Å². The van der Waals surface area contributed by atoms with Gasteiger partial charge >= 0.3 is 0 Å². The number of hydrogen-bond donors (Lipinski definition) is 1. The van der Waals surface area contributed by atoms with Crippen LogP contribution in [0.5, 0.6) is 11.5 Å². The van der Waals surface area contributed by atoms with Crippen molar-refractivity contribution in [3.05, 3.63) is 30.5 Å². The Morgan fingerprint density at radius 1 is 1.15 bits per heavy atom. The number of rotatable bonds is 8. The molecular formula is C17H22N6O3. The van der Waals surface area contributed by atoms with Crippen molar-refractivity contribution in [3.63, 3.8) is 0 Å². The second kappa shape index (κ2) is 8.84. The summed E-state index contributed by atoms with van der Waals surface area (Å²) >= 11 is 0. The fourth-order valence-corrected chi connectivity index (χ4v) is 2.56. The lowest BCUT2D eigenvalue weighted by atomic mass is 10.3. The van der Waals surface area contributed by atoms with Crippen LogP contribution in [0.15, 0.2) is 30.5 Å². The monoisotopic (exact) mass is 358 g/mol. The molecule has 0 bridgehead atoms. The molecule has 0 aliphatic carbocycles. The molecule has 9 heteroatoms. The van der Waals surface area contributed by atoms with Crippen LogP contribution >= 0.6 is 0 Å². The van der Waals surface area contributed by atoms with Crippen LogP contribution in [0.4, 0.5) is 11.8 Å². The lowest BCUT2D eigenvalue weighted by molar-refractivity contribution is -0.118. The van der Waals surface area contributed by atoms with E-state index in [1.807, 2.05) is 29.2 Å². The molecule has 138 valence electrons. The topological polar surface area (TPSA) is 92.7 Å². The number of anilines is 2. The van der Waals surface area contributed by atoms with Crippen LogP contribution in [0.1, 0.15) is 0 Å². The van der Waals surface area contributed by atoms with E-state index in [0.717, 1.165) is 17.9 Å². The normalized spacial score (nSPS) is 14.0. The minimum Gasteiger partial charge on any atom is -0.497 e. The Balaban J connectivity index is 1.45. The molecule has 2 aromatic rings. The van der Waals surface area contributed by atoms with Crippen LogP contribution in [-0.2, 0) is 4.79 Å². The van der Waals surface area contributed by atoms with Gasteiger partial charge < -0.3 is 24.6 Å². The molecule has 26 heavy (non-hydrogen) atoms. The molecule has 1 saturated heterocycles. The maximum absolute atomic E-state index is 10.8. The first-order valence-corrected chi connectivity index (χ1v) is 8.43. The summed E-state index contributed by atoms with van der Waals surface area (Å²) in [6, 6.07) is 7.44. The van der Waals surface area contributed by atoms with E-state index in [-0.39, 0.29) is 0 Å². The number of nitrogens with one attached hydrogen (secondary N) is 1. The number of hydrogen-bond acceptors (Lipinski definition) is 8. The number of piperazine rings is 1. The first kappa shape index (κ1) is 17.7. The van der Waals surface area contributed by atoms with Crippen LogP contribution < -0.4 is 19.7 Å². The molecule has 1 aliphatic heterocycles. The predicted molar refractivity (Wildman–Crippen MR) is 96.7 cm³/mol. The van der Waals surface area contributed by atoms with Gasteiger partial charge in [0, 0.05) is 26.2 Å². The highest BCUT2D eigenvalue weighted by Gasteiger charge is 2.18. The lowest BCUT2D eigenvalue weighted by Crippen LogP contribution is -2.46. The molecule has 1 amide bonds. The van der Waals surface area contributed by atoms with Gasteiger partial charge in [0.1, 0.15) is 18.1 Å². The van der Waals surface area contributed by atoms with Crippen molar-refractivity contribution in [2.75, 3.05) is 56.7 Å². The predicted octanol–water partition coefficient (Wildman–Crippen LogP) is 0.649. The number of carbonyl (C=O) groups excluding carboxylic acids is 1. The van der Waals surface area contributed by atoms with Gasteiger partial charge in [-0.25, -0.2) is 0 Å². The number of benzene rings is 1. The number of carbonyl (C=O) groups is 1. The Kier molecular flexibility index (Phi) is 6.02. The SMILES string of the molecule is COc1ccc(OCCNc2cnnc(N3CCN(C=O)CC3)n2)cc1. The van der Waals surface area contributed by atoms with E-state index < -0.39 is 0 Å². The molecule has 3 rings (SSSR count). The zero-order valence-corrected chi connectivity index (χ0v) is 14.7. The van der Waals surface area contributed by atoms with Gasteiger partial charge in [-0.1, -0.05) is 0 Å². The van der Waals surface area contributed by atoms with Gasteiger partial charge in [-0.3, -0.25) is 4.79 Å². The zero-order chi connectivity index (χ0) is 18.2. The van der Waals surface area contributed by atoms with Crippen molar-refractivity contribution in [2.24, 2.45) is 0 Å². The van der Waals surface area contributed by atoms with Crippen LogP contribution in [0.3, 0.4) is 0 Å². The van der Waals surface area contributed by atoms with Crippen molar-refractivity contribution < 1.29 is 14.3 Å². The van der Waals surface area contributed by atoms with Crippen molar-refractivity contribution in [1.29, 1.82) is 0 Å². The van der Waals surface area contributed by atoms with Gasteiger partial charge in [-0.2, -0.15) is 10.1 Å². The molecule has 0 radical (unpaired) electrons. The van der Waals surface area contributed by atoms with E-state index in [1.54, 1.807) is 18.2 Å². The molecule has 9 nitrogen and oxygen atoms in total. The summed E-state index contributed by atoms with van der Waals surface area (Å²) < 4.78 is 10.8. The Labute approximate surface area is 151 Å². The van der Waals surface area contributed by atoms with E-state index in [4.69, 9.17) is 9.47 Å². The third-order valence-electron chi connectivity index (χ3n) is 4.03. The largest absolute Gasteiger partial charge is 0.497 e. The molecule has 0 unspecified atom stereocenters. The maximum Gasteiger partial charge on any atom is 0.247 e. The smallest absolute Gasteiger partial charge is 0.247 e. The molecule has 0 spiro atoms. The summed E-state index contributed by atoms with van der Waals surface area (Å²) in [4.78, 5) is 19.0. The molecule has 0 saturated carbocycles. The molecule has 1 aliphatic rings. The minimum atomic E-state index is 0.490. The molecule has 2 heterocycles. The van der Waals surface area contributed by atoms with Crippen LogP contribution in [0.25, 0.3) is 0 Å². The minimum absolute atomic E-state index is 0.490. The Bertz CT molecular complexity index is 704. The van der Waals surface area contributed by atoms with Crippen LogP contribution in [0, 0.1) is 0 Å².